The maximum absolute atomic E-state index is 12.5. The summed E-state index contributed by atoms with van der Waals surface area (Å²) in [6.45, 7) is 4.09. The summed E-state index contributed by atoms with van der Waals surface area (Å²) < 4.78 is 29.0. The predicted molar refractivity (Wildman–Crippen MR) is 99.6 cm³/mol. The molecular formula is C17H24N4O4S. The van der Waals surface area contributed by atoms with Crippen molar-refractivity contribution in [1.82, 2.24) is 13.9 Å². The van der Waals surface area contributed by atoms with E-state index in [0.717, 1.165) is 26.5 Å². The molecule has 0 aliphatic heterocycles. The van der Waals surface area contributed by atoms with Gasteiger partial charge in [0, 0.05) is 32.9 Å². The van der Waals surface area contributed by atoms with E-state index in [1.807, 2.05) is 24.3 Å². The van der Waals surface area contributed by atoms with Crippen molar-refractivity contribution in [2.24, 2.45) is 19.8 Å². The molecule has 0 amide bonds. The van der Waals surface area contributed by atoms with Crippen molar-refractivity contribution in [2.45, 2.75) is 30.7 Å². The number of hydrogen-bond donors (Lipinski definition) is 2. The van der Waals surface area contributed by atoms with E-state index in [4.69, 9.17) is 5.73 Å². The lowest BCUT2D eigenvalue weighted by Gasteiger charge is -2.15. The maximum atomic E-state index is 12.5. The van der Waals surface area contributed by atoms with Crippen LogP contribution in [-0.4, -0.2) is 24.1 Å². The Labute approximate surface area is 152 Å². The van der Waals surface area contributed by atoms with Gasteiger partial charge in [0.1, 0.15) is 0 Å². The van der Waals surface area contributed by atoms with Gasteiger partial charge in [0.05, 0.1) is 0 Å². The maximum Gasteiger partial charge on any atom is 0.330 e. The van der Waals surface area contributed by atoms with E-state index in [2.05, 4.69) is 18.6 Å². The van der Waals surface area contributed by atoms with E-state index >= 15 is 0 Å². The van der Waals surface area contributed by atoms with Gasteiger partial charge in [0.15, 0.2) is 4.90 Å². The average molecular weight is 380 g/mol. The lowest BCUT2D eigenvalue weighted by Crippen LogP contribution is -2.42. The summed E-state index contributed by atoms with van der Waals surface area (Å²) in [7, 11) is -1.49. The van der Waals surface area contributed by atoms with Gasteiger partial charge < -0.3 is 10.3 Å². The summed E-state index contributed by atoms with van der Waals surface area (Å²) in [5.74, 6) is 0.389. The van der Waals surface area contributed by atoms with Crippen LogP contribution in [0.15, 0.2) is 44.9 Å². The molecule has 3 N–H and O–H groups in total. The summed E-state index contributed by atoms with van der Waals surface area (Å²) in [5.41, 5.74) is 6.53. The number of aryl methyl sites for hydroxylation is 1. The molecule has 8 nitrogen and oxygen atoms in total. The van der Waals surface area contributed by atoms with Crippen molar-refractivity contribution in [3.05, 3.63) is 62.4 Å². The van der Waals surface area contributed by atoms with Gasteiger partial charge in [-0.1, -0.05) is 38.1 Å². The molecule has 26 heavy (non-hydrogen) atoms. The monoisotopic (exact) mass is 380 g/mol. The number of nitrogens with zero attached hydrogens (tertiary/aromatic N) is 2. The molecule has 1 heterocycles. The van der Waals surface area contributed by atoms with E-state index in [1.54, 1.807) is 0 Å². The fraction of sp³-hybridized carbons (Fsp3) is 0.412. The van der Waals surface area contributed by atoms with Crippen molar-refractivity contribution in [1.29, 1.82) is 0 Å². The zero-order valence-electron chi connectivity index (χ0n) is 15.3. The minimum Gasteiger partial charge on any atom is -0.323 e. The number of benzene rings is 1. The minimum absolute atomic E-state index is 0.0741. The predicted octanol–water partition coefficient (Wildman–Crippen LogP) is 0.186. The van der Waals surface area contributed by atoms with Crippen LogP contribution in [0.5, 0.6) is 0 Å². The molecule has 142 valence electrons. The molecule has 0 saturated heterocycles. The fourth-order valence-corrected chi connectivity index (χ4v) is 3.70. The third-order valence-electron chi connectivity index (χ3n) is 4.23. The summed E-state index contributed by atoms with van der Waals surface area (Å²) >= 11 is 0. The first-order valence-corrected chi connectivity index (χ1v) is 9.64. The molecule has 0 aliphatic rings. The Bertz CT molecular complexity index is 1000. The van der Waals surface area contributed by atoms with Crippen LogP contribution in [0.4, 0.5) is 0 Å². The molecule has 1 unspecified atom stereocenters. The van der Waals surface area contributed by atoms with Crippen molar-refractivity contribution in [2.75, 3.05) is 6.54 Å². The zero-order valence-corrected chi connectivity index (χ0v) is 16.1. The minimum atomic E-state index is -4.10. The lowest BCUT2D eigenvalue weighted by atomic mass is 9.99. The highest BCUT2D eigenvalue weighted by molar-refractivity contribution is 7.89. The number of hydrogen-bond acceptors (Lipinski definition) is 5. The molecule has 9 heteroatoms. The average Bonchev–Trinajstić information content (AvgIpc) is 2.60. The van der Waals surface area contributed by atoms with Gasteiger partial charge in [-0.15, -0.1) is 0 Å². The number of nitrogens with one attached hydrogen (secondary N) is 1. The van der Waals surface area contributed by atoms with Crippen LogP contribution in [0.2, 0.25) is 0 Å². The Morgan fingerprint density at radius 1 is 1.08 bits per heavy atom. The topological polar surface area (TPSA) is 116 Å². The van der Waals surface area contributed by atoms with Crippen LogP contribution in [0.1, 0.15) is 36.9 Å². The van der Waals surface area contributed by atoms with Crippen LogP contribution in [-0.2, 0) is 24.1 Å². The van der Waals surface area contributed by atoms with E-state index in [-0.39, 0.29) is 6.54 Å². The Hall–Kier alpha value is -2.23. The highest BCUT2D eigenvalue weighted by Crippen LogP contribution is 2.17. The summed E-state index contributed by atoms with van der Waals surface area (Å²) in [6, 6.07) is 7.06. The second-order valence-electron chi connectivity index (χ2n) is 6.53. The highest BCUT2D eigenvalue weighted by atomic mass is 32.2. The normalized spacial score (nSPS) is 13.2. The standard InChI is InChI=1S/C17H24N4O4S/c1-11(2)12-5-7-13(8-6-12)14(18)9-19-26(24,25)15-10-20(3)17(23)21(4)16(15)22/h5-8,10-11,14,19H,9,18H2,1-4H3. The highest BCUT2D eigenvalue weighted by Gasteiger charge is 2.22. The molecule has 0 bridgehead atoms. The first-order chi connectivity index (χ1) is 12.0. The van der Waals surface area contributed by atoms with Crippen molar-refractivity contribution in [3.63, 3.8) is 0 Å². The Balaban J connectivity index is 2.20. The van der Waals surface area contributed by atoms with Gasteiger partial charge in [-0.3, -0.25) is 9.36 Å². The molecule has 1 aromatic carbocycles. The molecule has 0 aliphatic carbocycles. The van der Waals surface area contributed by atoms with Crippen LogP contribution >= 0.6 is 0 Å². The van der Waals surface area contributed by atoms with Crippen LogP contribution in [0.3, 0.4) is 0 Å². The number of aromatic nitrogens is 2. The number of rotatable bonds is 6. The third-order valence-corrected chi connectivity index (χ3v) is 5.63. The van der Waals surface area contributed by atoms with Gasteiger partial charge in [-0.05, 0) is 17.0 Å². The van der Waals surface area contributed by atoms with Crippen molar-refractivity contribution in [3.8, 4) is 0 Å². The Kier molecular flexibility index (Phi) is 5.84. The largest absolute Gasteiger partial charge is 0.330 e. The lowest BCUT2D eigenvalue weighted by molar-refractivity contribution is 0.563. The van der Waals surface area contributed by atoms with E-state index in [0.29, 0.717) is 5.92 Å². The smallest absolute Gasteiger partial charge is 0.323 e. The van der Waals surface area contributed by atoms with Crippen molar-refractivity contribution < 1.29 is 8.42 Å². The fourth-order valence-electron chi connectivity index (χ4n) is 2.48. The first-order valence-electron chi connectivity index (χ1n) is 8.16. The van der Waals surface area contributed by atoms with Gasteiger partial charge >= 0.3 is 5.69 Å². The molecule has 2 aromatic rings. The van der Waals surface area contributed by atoms with E-state index in [9.17, 15) is 18.0 Å². The van der Waals surface area contributed by atoms with Crippen molar-refractivity contribution >= 4 is 10.0 Å². The van der Waals surface area contributed by atoms with E-state index in [1.165, 1.54) is 14.1 Å². The van der Waals surface area contributed by atoms with Gasteiger partial charge in [0.2, 0.25) is 10.0 Å². The summed E-state index contributed by atoms with van der Waals surface area (Å²) in [5, 5.41) is 0. The molecule has 0 spiro atoms. The molecular weight excluding hydrogens is 356 g/mol. The first kappa shape index (κ1) is 20.1. The van der Waals surface area contributed by atoms with Crippen LogP contribution in [0.25, 0.3) is 0 Å². The molecule has 0 fully saturated rings. The van der Waals surface area contributed by atoms with Crippen LogP contribution < -0.4 is 21.7 Å². The molecule has 2 rings (SSSR count). The molecule has 1 atom stereocenters. The third kappa shape index (κ3) is 4.12. The second kappa shape index (κ2) is 7.56. The van der Waals surface area contributed by atoms with E-state index < -0.39 is 32.2 Å². The SMILES string of the molecule is CC(C)c1ccc(C(N)CNS(=O)(=O)c2cn(C)c(=O)n(C)c2=O)cc1. The van der Waals surface area contributed by atoms with Gasteiger partial charge in [0.25, 0.3) is 5.56 Å². The Morgan fingerprint density at radius 2 is 1.62 bits per heavy atom. The van der Waals surface area contributed by atoms with Gasteiger partial charge in [-0.25, -0.2) is 17.9 Å². The second-order valence-corrected chi connectivity index (χ2v) is 8.27. The molecule has 0 radical (unpaired) electrons. The quantitative estimate of drug-likeness (QED) is 0.742. The number of sulfonamides is 1. The molecule has 0 saturated carbocycles. The Morgan fingerprint density at radius 3 is 2.15 bits per heavy atom. The summed E-state index contributed by atoms with van der Waals surface area (Å²) in [6.07, 6.45) is 1.01. The van der Waals surface area contributed by atoms with Gasteiger partial charge in [-0.2, -0.15) is 0 Å². The van der Waals surface area contributed by atoms with Crippen LogP contribution in [0, 0.1) is 0 Å². The number of nitrogens with two attached hydrogens (primary N) is 1. The molecule has 1 aromatic heterocycles. The zero-order chi connectivity index (χ0) is 19.6. The summed E-state index contributed by atoms with van der Waals surface area (Å²) in [4.78, 5) is 23.3.